The second kappa shape index (κ2) is 3.61. The third-order valence-corrected chi connectivity index (χ3v) is 2.03. The molecular formula is C10H11N3O2. The van der Waals surface area contributed by atoms with E-state index < -0.39 is 0 Å². The SMILES string of the molecule is CNc1cccn(-c2nc(C)co2)c1=O. The Morgan fingerprint density at radius 3 is 2.93 bits per heavy atom. The van der Waals surface area contributed by atoms with Crippen LogP contribution in [-0.2, 0) is 0 Å². The van der Waals surface area contributed by atoms with Crippen LogP contribution in [0.1, 0.15) is 5.69 Å². The molecule has 0 spiro atoms. The molecule has 0 atom stereocenters. The van der Waals surface area contributed by atoms with Crippen molar-refractivity contribution in [2.45, 2.75) is 6.92 Å². The molecule has 0 bridgehead atoms. The van der Waals surface area contributed by atoms with Crippen molar-refractivity contribution in [2.24, 2.45) is 0 Å². The van der Waals surface area contributed by atoms with Gasteiger partial charge in [0.15, 0.2) is 0 Å². The van der Waals surface area contributed by atoms with Crippen LogP contribution in [0.4, 0.5) is 5.69 Å². The number of anilines is 1. The zero-order valence-corrected chi connectivity index (χ0v) is 8.52. The van der Waals surface area contributed by atoms with E-state index in [1.165, 1.54) is 10.8 Å². The van der Waals surface area contributed by atoms with Gasteiger partial charge in [0.25, 0.3) is 5.56 Å². The second-order valence-corrected chi connectivity index (χ2v) is 3.12. The number of nitrogens with zero attached hydrogens (tertiary/aromatic N) is 2. The van der Waals surface area contributed by atoms with Gasteiger partial charge in [-0.15, -0.1) is 0 Å². The van der Waals surface area contributed by atoms with E-state index in [0.29, 0.717) is 5.69 Å². The first-order valence-corrected chi connectivity index (χ1v) is 4.54. The van der Waals surface area contributed by atoms with Crippen LogP contribution in [0, 0.1) is 6.92 Å². The molecule has 0 fully saturated rings. The monoisotopic (exact) mass is 205 g/mol. The number of hydrogen-bond donors (Lipinski definition) is 1. The fourth-order valence-electron chi connectivity index (χ4n) is 1.29. The van der Waals surface area contributed by atoms with Crippen LogP contribution >= 0.6 is 0 Å². The van der Waals surface area contributed by atoms with Crippen LogP contribution in [0.5, 0.6) is 0 Å². The summed E-state index contributed by atoms with van der Waals surface area (Å²) in [6.07, 6.45) is 3.13. The molecule has 0 aliphatic rings. The smallest absolute Gasteiger partial charge is 0.308 e. The summed E-state index contributed by atoms with van der Waals surface area (Å²) in [6.45, 7) is 1.81. The van der Waals surface area contributed by atoms with Gasteiger partial charge in [-0.3, -0.25) is 4.79 Å². The lowest BCUT2D eigenvalue weighted by Gasteiger charge is -2.02. The minimum Gasteiger partial charge on any atom is -0.431 e. The highest BCUT2D eigenvalue weighted by Gasteiger charge is 2.07. The van der Waals surface area contributed by atoms with Crippen LogP contribution < -0.4 is 10.9 Å². The quantitative estimate of drug-likeness (QED) is 0.799. The highest BCUT2D eigenvalue weighted by atomic mass is 16.4. The Labute approximate surface area is 86.4 Å². The summed E-state index contributed by atoms with van der Waals surface area (Å²) in [5, 5.41) is 2.81. The Kier molecular flexibility index (Phi) is 2.29. The molecule has 0 amide bonds. The van der Waals surface area contributed by atoms with Crippen molar-refractivity contribution in [1.29, 1.82) is 0 Å². The number of aryl methyl sites for hydroxylation is 1. The van der Waals surface area contributed by atoms with E-state index in [1.807, 2.05) is 0 Å². The van der Waals surface area contributed by atoms with Crippen molar-refractivity contribution < 1.29 is 4.42 Å². The molecule has 2 aromatic heterocycles. The van der Waals surface area contributed by atoms with Gasteiger partial charge < -0.3 is 9.73 Å². The summed E-state index contributed by atoms with van der Waals surface area (Å²) in [6, 6.07) is 3.75. The Balaban J connectivity index is 2.58. The van der Waals surface area contributed by atoms with Gasteiger partial charge in [0.05, 0.1) is 5.69 Å². The van der Waals surface area contributed by atoms with Crippen LogP contribution in [0.25, 0.3) is 6.01 Å². The Bertz CT molecular complexity index is 527. The van der Waals surface area contributed by atoms with Crippen molar-refractivity contribution in [3.63, 3.8) is 0 Å². The Hall–Kier alpha value is -2.04. The molecule has 2 rings (SSSR count). The molecule has 5 nitrogen and oxygen atoms in total. The predicted molar refractivity (Wildman–Crippen MR) is 56.4 cm³/mol. The van der Waals surface area contributed by atoms with Crippen molar-refractivity contribution in [3.8, 4) is 6.01 Å². The number of pyridine rings is 1. The largest absolute Gasteiger partial charge is 0.431 e. The minimum absolute atomic E-state index is 0.179. The molecule has 15 heavy (non-hydrogen) atoms. The molecule has 0 unspecified atom stereocenters. The van der Waals surface area contributed by atoms with Crippen molar-refractivity contribution in [2.75, 3.05) is 12.4 Å². The van der Waals surface area contributed by atoms with Crippen LogP contribution in [0.3, 0.4) is 0 Å². The molecule has 0 aliphatic carbocycles. The van der Waals surface area contributed by atoms with E-state index in [-0.39, 0.29) is 11.6 Å². The van der Waals surface area contributed by atoms with Gasteiger partial charge in [-0.05, 0) is 19.1 Å². The third kappa shape index (κ3) is 1.63. The molecule has 0 saturated heterocycles. The van der Waals surface area contributed by atoms with Gasteiger partial charge in [-0.2, -0.15) is 4.98 Å². The van der Waals surface area contributed by atoms with Gasteiger partial charge in [0.1, 0.15) is 12.0 Å². The van der Waals surface area contributed by atoms with Crippen molar-refractivity contribution in [1.82, 2.24) is 9.55 Å². The summed E-state index contributed by atoms with van der Waals surface area (Å²) >= 11 is 0. The van der Waals surface area contributed by atoms with Crippen molar-refractivity contribution in [3.05, 3.63) is 40.6 Å². The van der Waals surface area contributed by atoms with E-state index in [9.17, 15) is 4.79 Å². The van der Waals surface area contributed by atoms with E-state index in [1.54, 1.807) is 32.3 Å². The molecule has 1 N–H and O–H groups in total. The first-order chi connectivity index (χ1) is 7.22. The van der Waals surface area contributed by atoms with Crippen LogP contribution in [0.2, 0.25) is 0 Å². The topological polar surface area (TPSA) is 60.1 Å². The lowest BCUT2D eigenvalue weighted by Crippen LogP contribution is -2.20. The first kappa shape index (κ1) is 9.51. The zero-order chi connectivity index (χ0) is 10.8. The number of rotatable bonds is 2. The lowest BCUT2D eigenvalue weighted by atomic mass is 10.4. The summed E-state index contributed by atoms with van der Waals surface area (Å²) in [5.41, 5.74) is 1.07. The van der Waals surface area contributed by atoms with E-state index in [0.717, 1.165) is 5.69 Å². The number of hydrogen-bond acceptors (Lipinski definition) is 4. The zero-order valence-electron chi connectivity index (χ0n) is 8.52. The van der Waals surface area contributed by atoms with E-state index in [4.69, 9.17) is 4.42 Å². The van der Waals surface area contributed by atoms with E-state index in [2.05, 4.69) is 10.3 Å². The molecule has 5 heteroatoms. The molecule has 2 aromatic rings. The molecule has 78 valence electrons. The summed E-state index contributed by atoms with van der Waals surface area (Å²) in [7, 11) is 1.70. The Morgan fingerprint density at radius 2 is 2.33 bits per heavy atom. The highest BCUT2D eigenvalue weighted by molar-refractivity contribution is 5.40. The number of nitrogens with one attached hydrogen (secondary N) is 1. The third-order valence-electron chi connectivity index (χ3n) is 2.03. The maximum absolute atomic E-state index is 11.8. The van der Waals surface area contributed by atoms with Gasteiger partial charge in [-0.25, -0.2) is 4.57 Å². The van der Waals surface area contributed by atoms with Crippen molar-refractivity contribution >= 4 is 5.69 Å². The molecular weight excluding hydrogens is 194 g/mol. The van der Waals surface area contributed by atoms with Gasteiger partial charge in [-0.1, -0.05) is 0 Å². The standard InChI is InChI=1S/C10H11N3O2/c1-7-6-15-10(12-7)13-5-3-4-8(11-2)9(13)14/h3-6,11H,1-2H3. The van der Waals surface area contributed by atoms with Crippen LogP contribution in [-0.4, -0.2) is 16.6 Å². The molecule has 0 aromatic carbocycles. The van der Waals surface area contributed by atoms with Gasteiger partial charge in [0, 0.05) is 13.2 Å². The molecule has 0 aliphatic heterocycles. The molecule has 0 radical (unpaired) electrons. The Morgan fingerprint density at radius 1 is 1.53 bits per heavy atom. The summed E-state index contributed by atoms with van der Waals surface area (Å²) < 4.78 is 6.51. The van der Waals surface area contributed by atoms with Gasteiger partial charge >= 0.3 is 6.01 Å². The summed E-state index contributed by atoms with van der Waals surface area (Å²) in [4.78, 5) is 15.9. The first-order valence-electron chi connectivity index (χ1n) is 4.54. The number of oxazole rings is 1. The average molecular weight is 205 g/mol. The molecule has 0 saturated carbocycles. The van der Waals surface area contributed by atoms with Gasteiger partial charge in [0.2, 0.25) is 0 Å². The predicted octanol–water partition coefficient (Wildman–Crippen LogP) is 1.18. The fourth-order valence-corrected chi connectivity index (χ4v) is 1.29. The second-order valence-electron chi connectivity index (χ2n) is 3.12. The van der Waals surface area contributed by atoms with E-state index >= 15 is 0 Å². The average Bonchev–Trinajstić information content (AvgIpc) is 2.65. The minimum atomic E-state index is -0.179. The summed E-state index contributed by atoms with van der Waals surface area (Å²) in [5.74, 6) is 0. The normalized spacial score (nSPS) is 10.3. The van der Waals surface area contributed by atoms with Crippen LogP contribution in [0.15, 0.2) is 33.8 Å². The molecule has 2 heterocycles. The highest BCUT2D eigenvalue weighted by Crippen LogP contribution is 2.06. The maximum Gasteiger partial charge on any atom is 0.308 e. The number of aromatic nitrogens is 2. The lowest BCUT2D eigenvalue weighted by molar-refractivity contribution is 0.522. The maximum atomic E-state index is 11.8. The fraction of sp³-hybridized carbons (Fsp3) is 0.200.